The zero-order valence-electron chi connectivity index (χ0n) is 19.9. The number of carbonyl (C=O) groups is 2. The molecule has 1 aromatic carbocycles. The summed E-state index contributed by atoms with van der Waals surface area (Å²) in [5.41, 5.74) is 1.07. The van der Waals surface area contributed by atoms with Crippen molar-refractivity contribution in [3.63, 3.8) is 0 Å². The van der Waals surface area contributed by atoms with E-state index in [1.807, 2.05) is 26.0 Å². The first-order valence-corrected chi connectivity index (χ1v) is 12.5. The zero-order valence-corrected chi connectivity index (χ0v) is 20.7. The molecule has 1 saturated carbocycles. The number of morpholine rings is 1. The molecule has 0 radical (unpaired) electrons. The lowest BCUT2D eigenvalue weighted by molar-refractivity contribution is -0.122. The average molecular weight is 488 g/mol. The van der Waals surface area contributed by atoms with Gasteiger partial charge in [0, 0.05) is 48.0 Å². The minimum absolute atomic E-state index is 0.0287. The number of nitrogens with one attached hydrogen (secondary N) is 2. The number of carbonyl (C=O) groups excluding carboxylic acids is 2. The van der Waals surface area contributed by atoms with Crippen LogP contribution in [0.2, 0.25) is 5.02 Å². The maximum Gasteiger partial charge on any atom is 0.271 e. The quantitative estimate of drug-likeness (QED) is 0.626. The highest BCUT2D eigenvalue weighted by molar-refractivity contribution is 6.30. The van der Waals surface area contributed by atoms with E-state index < -0.39 is 0 Å². The molecule has 0 unspecified atom stereocenters. The Balaban J connectivity index is 1.44. The van der Waals surface area contributed by atoms with Gasteiger partial charge in [-0.05, 0) is 51.7 Å². The van der Waals surface area contributed by atoms with Crippen molar-refractivity contribution < 1.29 is 14.3 Å². The fraction of sp³-hybridized carbons (Fsp3) is 0.560. The van der Waals surface area contributed by atoms with Crippen LogP contribution in [0.25, 0.3) is 11.4 Å². The first-order valence-electron chi connectivity index (χ1n) is 12.1. The van der Waals surface area contributed by atoms with Gasteiger partial charge in [0.15, 0.2) is 0 Å². The summed E-state index contributed by atoms with van der Waals surface area (Å²) < 4.78 is 7.18. The van der Waals surface area contributed by atoms with Crippen molar-refractivity contribution in [1.82, 2.24) is 25.1 Å². The van der Waals surface area contributed by atoms with Crippen LogP contribution >= 0.6 is 11.6 Å². The van der Waals surface area contributed by atoms with Gasteiger partial charge in [-0.3, -0.25) is 14.5 Å². The molecular weight excluding hydrogens is 454 g/mol. The SMILES string of the molecule is CC(C)NC(=O)Cn1cc(C(=O)NC2CCC(N3CCOCC3)CC2)nc1-c1cccc(Cl)c1. The number of benzene rings is 1. The van der Waals surface area contributed by atoms with Crippen LogP contribution in [0.3, 0.4) is 0 Å². The van der Waals surface area contributed by atoms with Crippen LogP contribution in [0.15, 0.2) is 30.5 Å². The highest BCUT2D eigenvalue weighted by atomic mass is 35.5. The van der Waals surface area contributed by atoms with Gasteiger partial charge in [-0.25, -0.2) is 4.98 Å². The molecule has 2 heterocycles. The predicted molar refractivity (Wildman–Crippen MR) is 132 cm³/mol. The molecule has 9 heteroatoms. The number of hydrogen-bond donors (Lipinski definition) is 2. The maximum absolute atomic E-state index is 13.1. The van der Waals surface area contributed by atoms with E-state index in [0.29, 0.717) is 22.6 Å². The maximum atomic E-state index is 13.1. The second kappa shape index (κ2) is 11.3. The van der Waals surface area contributed by atoms with Gasteiger partial charge in [0.05, 0.1) is 13.2 Å². The molecular formula is C25H34ClN5O3. The van der Waals surface area contributed by atoms with Crippen LogP contribution in [0.1, 0.15) is 50.0 Å². The van der Waals surface area contributed by atoms with Crippen LogP contribution in [-0.4, -0.2) is 70.7 Å². The van der Waals surface area contributed by atoms with E-state index >= 15 is 0 Å². The van der Waals surface area contributed by atoms with E-state index in [1.165, 1.54) is 0 Å². The molecule has 8 nitrogen and oxygen atoms in total. The molecule has 184 valence electrons. The van der Waals surface area contributed by atoms with Gasteiger partial charge < -0.3 is 19.9 Å². The zero-order chi connectivity index (χ0) is 24.1. The molecule has 2 aliphatic rings. The van der Waals surface area contributed by atoms with E-state index in [0.717, 1.165) is 57.6 Å². The second-order valence-corrected chi connectivity index (χ2v) is 9.87. The summed E-state index contributed by atoms with van der Waals surface area (Å²) in [5, 5.41) is 6.62. The van der Waals surface area contributed by atoms with Crippen LogP contribution < -0.4 is 10.6 Å². The summed E-state index contributed by atoms with van der Waals surface area (Å²) >= 11 is 6.18. The standard InChI is InChI=1S/C25H34ClN5O3/c1-17(2)27-23(32)16-31-15-22(29-24(31)18-4-3-5-19(26)14-18)25(33)28-20-6-8-21(9-7-20)30-10-12-34-13-11-30/h3-5,14-15,17,20-21H,6-13,16H2,1-2H3,(H,27,32)(H,28,33). The molecule has 2 amide bonds. The van der Waals surface area contributed by atoms with Gasteiger partial charge >= 0.3 is 0 Å². The van der Waals surface area contributed by atoms with Crippen molar-refractivity contribution in [2.75, 3.05) is 26.3 Å². The molecule has 34 heavy (non-hydrogen) atoms. The molecule has 2 aromatic rings. The lowest BCUT2D eigenvalue weighted by Crippen LogP contribution is -2.47. The minimum atomic E-state index is -0.207. The van der Waals surface area contributed by atoms with Gasteiger partial charge in [0.25, 0.3) is 5.91 Å². The Morgan fingerprint density at radius 1 is 1.18 bits per heavy atom. The third-order valence-electron chi connectivity index (χ3n) is 6.45. The van der Waals surface area contributed by atoms with E-state index in [1.54, 1.807) is 22.9 Å². The molecule has 0 bridgehead atoms. The smallest absolute Gasteiger partial charge is 0.271 e. The molecule has 1 aliphatic heterocycles. The summed E-state index contributed by atoms with van der Waals surface area (Å²) in [7, 11) is 0. The Morgan fingerprint density at radius 3 is 2.59 bits per heavy atom. The van der Waals surface area contributed by atoms with Crippen LogP contribution in [0.5, 0.6) is 0 Å². The Kier molecular flexibility index (Phi) is 8.24. The molecule has 1 aliphatic carbocycles. The van der Waals surface area contributed by atoms with Crippen molar-refractivity contribution in [1.29, 1.82) is 0 Å². The molecule has 4 rings (SSSR count). The first kappa shape index (κ1) is 24.7. The van der Waals surface area contributed by atoms with Crippen molar-refractivity contribution in [3.05, 3.63) is 41.2 Å². The Morgan fingerprint density at radius 2 is 1.91 bits per heavy atom. The number of nitrogens with zero attached hydrogens (tertiary/aromatic N) is 3. The molecule has 1 saturated heterocycles. The number of imidazole rings is 1. The van der Waals surface area contributed by atoms with Crippen molar-refractivity contribution >= 4 is 23.4 Å². The molecule has 1 aromatic heterocycles. The van der Waals surface area contributed by atoms with Gasteiger partial charge in [-0.2, -0.15) is 0 Å². The van der Waals surface area contributed by atoms with E-state index in [4.69, 9.17) is 16.3 Å². The van der Waals surface area contributed by atoms with Gasteiger partial charge in [-0.15, -0.1) is 0 Å². The molecule has 2 N–H and O–H groups in total. The van der Waals surface area contributed by atoms with E-state index in [9.17, 15) is 9.59 Å². The molecule has 2 fully saturated rings. The van der Waals surface area contributed by atoms with Crippen LogP contribution in [-0.2, 0) is 16.1 Å². The van der Waals surface area contributed by atoms with E-state index in [2.05, 4.69) is 20.5 Å². The third kappa shape index (κ3) is 6.37. The topological polar surface area (TPSA) is 88.5 Å². The summed E-state index contributed by atoms with van der Waals surface area (Å²) in [4.78, 5) is 32.6. The minimum Gasteiger partial charge on any atom is -0.379 e. The van der Waals surface area contributed by atoms with Crippen molar-refractivity contribution in [2.24, 2.45) is 0 Å². The molecule has 0 spiro atoms. The average Bonchev–Trinajstić information content (AvgIpc) is 3.23. The summed E-state index contributed by atoms with van der Waals surface area (Å²) in [6.07, 6.45) is 5.70. The fourth-order valence-corrected chi connectivity index (χ4v) is 5.00. The van der Waals surface area contributed by atoms with Crippen molar-refractivity contribution in [2.45, 2.75) is 64.2 Å². The van der Waals surface area contributed by atoms with E-state index in [-0.39, 0.29) is 30.4 Å². The van der Waals surface area contributed by atoms with Gasteiger partial charge in [0.1, 0.15) is 18.1 Å². The van der Waals surface area contributed by atoms with Crippen molar-refractivity contribution in [3.8, 4) is 11.4 Å². The van der Waals surface area contributed by atoms with Crippen LogP contribution in [0, 0.1) is 0 Å². The summed E-state index contributed by atoms with van der Waals surface area (Å²) in [6, 6.07) is 8.01. The third-order valence-corrected chi connectivity index (χ3v) is 6.68. The fourth-order valence-electron chi connectivity index (χ4n) is 4.81. The second-order valence-electron chi connectivity index (χ2n) is 9.44. The Bertz CT molecular complexity index is 994. The van der Waals surface area contributed by atoms with Crippen LogP contribution in [0.4, 0.5) is 0 Å². The Labute approximate surface area is 206 Å². The highest BCUT2D eigenvalue weighted by Gasteiger charge is 2.28. The summed E-state index contributed by atoms with van der Waals surface area (Å²) in [6.45, 7) is 7.51. The number of halogens is 1. The number of aromatic nitrogens is 2. The molecule has 0 atom stereocenters. The van der Waals surface area contributed by atoms with Gasteiger partial charge in [0.2, 0.25) is 5.91 Å². The lowest BCUT2D eigenvalue weighted by atomic mass is 9.90. The number of ether oxygens (including phenoxy) is 1. The predicted octanol–water partition coefficient (Wildman–Crippen LogP) is 3.10. The lowest BCUT2D eigenvalue weighted by Gasteiger charge is -2.38. The number of rotatable bonds is 7. The normalized spacial score (nSPS) is 21.4. The number of hydrogen-bond acceptors (Lipinski definition) is 5. The van der Waals surface area contributed by atoms with Gasteiger partial charge in [-0.1, -0.05) is 23.7 Å². The monoisotopic (exact) mass is 487 g/mol. The largest absolute Gasteiger partial charge is 0.379 e. The highest BCUT2D eigenvalue weighted by Crippen LogP contribution is 2.25. The Hall–Kier alpha value is -2.42. The first-order chi connectivity index (χ1) is 16.4. The summed E-state index contributed by atoms with van der Waals surface area (Å²) in [5.74, 6) is 0.202. The number of amides is 2.